The zero-order valence-corrected chi connectivity index (χ0v) is 16.9. The van der Waals surface area contributed by atoms with Crippen LogP contribution in [-0.4, -0.2) is 16.4 Å². The van der Waals surface area contributed by atoms with Gasteiger partial charge < -0.3 is 5.32 Å². The van der Waals surface area contributed by atoms with Crippen molar-refractivity contribution in [3.8, 4) is 0 Å². The molecule has 1 N–H and O–H groups in total. The van der Waals surface area contributed by atoms with Gasteiger partial charge in [0.15, 0.2) is 5.82 Å². The number of pyridine rings is 2. The molecule has 28 heavy (non-hydrogen) atoms. The third kappa shape index (κ3) is 4.67. The predicted octanol–water partition coefficient (Wildman–Crippen LogP) is 5.33. The fraction of sp³-hybridized carbons (Fsp3) is 0.227. The molecule has 2 aromatic heterocycles. The van der Waals surface area contributed by atoms with E-state index >= 15 is 0 Å². The Labute approximate surface area is 170 Å². The largest absolute Gasteiger partial charge is 0.364 e. The highest BCUT2D eigenvalue weighted by Gasteiger charge is 2.17. The lowest BCUT2D eigenvalue weighted by atomic mass is 9.87. The van der Waals surface area contributed by atoms with Gasteiger partial charge in [0, 0.05) is 24.6 Å². The minimum Gasteiger partial charge on any atom is -0.364 e. The Hall–Kier alpha value is -2.92. The first-order valence-electron chi connectivity index (χ1n) is 9.03. The summed E-state index contributed by atoms with van der Waals surface area (Å²) in [6, 6.07) is 15.3. The van der Waals surface area contributed by atoms with Crippen LogP contribution in [0.15, 0.2) is 60.9 Å². The van der Waals surface area contributed by atoms with Gasteiger partial charge in [-0.2, -0.15) is 0 Å². The molecule has 0 fully saturated rings. The number of hydrogen-bond donors (Lipinski definition) is 1. The van der Waals surface area contributed by atoms with Crippen LogP contribution >= 0.6 is 11.6 Å². The average molecular weight is 395 g/mol. The summed E-state index contributed by atoms with van der Waals surface area (Å²) in [7, 11) is 0. The smallest absolute Gasteiger partial charge is 0.218 e. The molecule has 0 saturated carbocycles. The van der Waals surface area contributed by atoms with E-state index in [0.29, 0.717) is 23.2 Å². The molecule has 1 aromatic carbocycles. The number of rotatable bonds is 6. The molecule has 2 heterocycles. The van der Waals surface area contributed by atoms with Crippen LogP contribution < -0.4 is 10.2 Å². The fourth-order valence-corrected chi connectivity index (χ4v) is 3.04. The molecule has 0 unspecified atom stereocenters. The lowest BCUT2D eigenvalue weighted by Crippen LogP contribution is -2.17. The number of anilines is 3. The molecule has 0 saturated heterocycles. The standard InChI is InChI=1S/C22H23ClN4O/c1-22(2,3)17-6-8-18(9-7-17)27(15-28)19-5-4-11-25-21(19)26-14-16-10-12-24-20(23)13-16/h4-13,15H,14H2,1-3H3,(H,25,26). The predicted molar refractivity (Wildman–Crippen MR) is 114 cm³/mol. The Morgan fingerprint density at radius 1 is 1.07 bits per heavy atom. The quantitative estimate of drug-likeness (QED) is 0.453. The Morgan fingerprint density at radius 3 is 2.46 bits per heavy atom. The molecule has 1 amide bonds. The Balaban J connectivity index is 1.86. The maximum Gasteiger partial charge on any atom is 0.218 e. The van der Waals surface area contributed by atoms with Crippen LogP contribution in [0.1, 0.15) is 31.9 Å². The Morgan fingerprint density at radius 2 is 1.82 bits per heavy atom. The second-order valence-corrected chi connectivity index (χ2v) is 7.87. The zero-order valence-electron chi connectivity index (χ0n) is 16.2. The fourth-order valence-electron chi connectivity index (χ4n) is 2.84. The van der Waals surface area contributed by atoms with E-state index in [-0.39, 0.29) is 5.41 Å². The van der Waals surface area contributed by atoms with Crippen molar-refractivity contribution in [3.63, 3.8) is 0 Å². The molecule has 0 radical (unpaired) electrons. The molecule has 6 heteroatoms. The summed E-state index contributed by atoms with van der Waals surface area (Å²) in [6.45, 7) is 7.00. The van der Waals surface area contributed by atoms with E-state index in [1.807, 2.05) is 42.5 Å². The summed E-state index contributed by atoms with van der Waals surface area (Å²) in [5.41, 5.74) is 3.70. The topological polar surface area (TPSA) is 58.1 Å². The van der Waals surface area contributed by atoms with Crippen molar-refractivity contribution in [1.29, 1.82) is 0 Å². The molecule has 3 rings (SSSR count). The molecule has 0 aliphatic carbocycles. The lowest BCUT2D eigenvalue weighted by Gasteiger charge is -2.23. The number of benzene rings is 1. The number of halogens is 1. The van der Waals surface area contributed by atoms with Gasteiger partial charge >= 0.3 is 0 Å². The number of aromatic nitrogens is 2. The summed E-state index contributed by atoms with van der Waals surface area (Å²) in [4.78, 5) is 21.9. The highest BCUT2D eigenvalue weighted by molar-refractivity contribution is 6.29. The van der Waals surface area contributed by atoms with E-state index in [4.69, 9.17) is 11.6 Å². The van der Waals surface area contributed by atoms with Gasteiger partial charge in [0.25, 0.3) is 0 Å². The molecule has 0 aliphatic heterocycles. The first kappa shape index (κ1) is 19.8. The van der Waals surface area contributed by atoms with E-state index in [9.17, 15) is 4.79 Å². The van der Waals surface area contributed by atoms with Crippen molar-refractivity contribution in [1.82, 2.24) is 9.97 Å². The van der Waals surface area contributed by atoms with Crippen LogP contribution in [0.2, 0.25) is 5.15 Å². The number of amides is 1. The number of carbonyl (C=O) groups is 1. The van der Waals surface area contributed by atoms with Gasteiger partial charge in [-0.05, 0) is 52.9 Å². The molecule has 144 valence electrons. The molecule has 3 aromatic rings. The van der Waals surface area contributed by atoms with Crippen molar-refractivity contribution >= 4 is 35.2 Å². The minimum absolute atomic E-state index is 0.0529. The summed E-state index contributed by atoms with van der Waals surface area (Å²) in [5, 5.41) is 3.72. The molecular formula is C22H23ClN4O. The third-order valence-electron chi connectivity index (χ3n) is 4.41. The molecule has 0 atom stereocenters. The summed E-state index contributed by atoms with van der Waals surface area (Å²) in [5.74, 6) is 0.613. The molecule has 0 spiro atoms. The van der Waals surface area contributed by atoms with E-state index < -0.39 is 0 Å². The Bertz CT molecular complexity index is 951. The van der Waals surface area contributed by atoms with Gasteiger partial charge in [-0.15, -0.1) is 0 Å². The number of hydrogen-bond acceptors (Lipinski definition) is 4. The van der Waals surface area contributed by atoms with Crippen molar-refractivity contribution < 1.29 is 4.79 Å². The first-order chi connectivity index (χ1) is 13.4. The van der Waals surface area contributed by atoms with E-state index in [1.165, 1.54) is 5.56 Å². The van der Waals surface area contributed by atoms with E-state index in [0.717, 1.165) is 17.7 Å². The number of nitrogens with zero attached hydrogens (tertiary/aromatic N) is 3. The highest BCUT2D eigenvalue weighted by Crippen LogP contribution is 2.31. The SMILES string of the molecule is CC(C)(C)c1ccc(N(C=O)c2cccnc2NCc2ccnc(Cl)c2)cc1. The second-order valence-electron chi connectivity index (χ2n) is 7.48. The van der Waals surface area contributed by atoms with Gasteiger partial charge in [0.05, 0.1) is 5.69 Å². The summed E-state index contributed by atoms with van der Waals surface area (Å²) < 4.78 is 0. The number of carbonyl (C=O) groups excluding carboxylic acids is 1. The van der Waals surface area contributed by atoms with Crippen molar-refractivity contribution in [2.24, 2.45) is 0 Å². The van der Waals surface area contributed by atoms with Gasteiger partial charge in [-0.25, -0.2) is 9.97 Å². The van der Waals surface area contributed by atoms with Gasteiger partial charge in [0.2, 0.25) is 6.41 Å². The van der Waals surface area contributed by atoms with Crippen LogP contribution in [0.5, 0.6) is 0 Å². The summed E-state index contributed by atoms with van der Waals surface area (Å²) in [6.07, 6.45) is 4.15. The lowest BCUT2D eigenvalue weighted by molar-refractivity contribution is -0.106. The van der Waals surface area contributed by atoms with E-state index in [1.54, 1.807) is 23.4 Å². The monoisotopic (exact) mass is 394 g/mol. The van der Waals surface area contributed by atoms with Gasteiger partial charge in [0.1, 0.15) is 5.15 Å². The van der Waals surface area contributed by atoms with Crippen LogP contribution in [0.3, 0.4) is 0 Å². The second kappa shape index (κ2) is 8.40. The maximum atomic E-state index is 11.9. The van der Waals surface area contributed by atoms with Gasteiger partial charge in [-0.1, -0.05) is 44.5 Å². The molecule has 0 bridgehead atoms. The zero-order chi connectivity index (χ0) is 20.1. The normalized spacial score (nSPS) is 11.1. The van der Waals surface area contributed by atoms with Crippen molar-refractivity contribution in [2.45, 2.75) is 32.7 Å². The Kier molecular flexibility index (Phi) is 5.95. The van der Waals surface area contributed by atoms with Crippen LogP contribution in [0, 0.1) is 0 Å². The number of nitrogens with one attached hydrogen (secondary N) is 1. The highest BCUT2D eigenvalue weighted by atomic mass is 35.5. The van der Waals surface area contributed by atoms with Crippen LogP contribution in [0.4, 0.5) is 17.2 Å². The van der Waals surface area contributed by atoms with Crippen LogP contribution in [-0.2, 0) is 16.8 Å². The van der Waals surface area contributed by atoms with E-state index in [2.05, 4.69) is 36.1 Å². The minimum atomic E-state index is 0.0529. The molecular weight excluding hydrogens is 372 g/mol. The average Bonchev–Trinajstić information content (AvgIpc) is 2.68. The summed E-state index contributed by atoms with van der Waals surface area (Å²) >= 11 is 5.95. The third-order valence-corrected chi connectivity index (χ3v) is 4.62. The molecule has 0 aliphatic rings. The van der Waals surface area contributed by atoms with Crippen molar-refractivity contribution in [2.75, 3.05) is 10.2 Å². The van der Waals surface area contributed by atoms with Gasteiger partial charge in [-0.3, -0.25) is 9.69 Å². The van der Waals surface area contributed by atoms with Crippen LogP contribution in [0.25, 0.3) is 0 Å². The maximum absolute atomic E-state index is 11.9. The molecule has 5 nitrogen and oxygen atoms in total. The first-order valence-corrected chi connectivity index (χ1v) is 9.40. The van der Waals surface area contributed by atoms with Crippen molar-refractivity contribution in [3.05, 3.63) is 77.2 Å².